The molecule has 4 N–H and O–H groups in total. The van der Waals surface area contributed by atoms with Crippen LogP contribution >= 0.6 is 34.3 Å². The smallest absolute Gasteiger partial charge is 0.246 e. The zero-order valence-electron chi connectivity index (χ0n) is 39.6. The van der Waals surface area contributed by atoms with Gasteiger partial charge in [0.25, 0.3) is 0 Å². The highest BCUT2D eigenvalue weighted by molar-refractivity contribution is 7.15. The van der Waals surface area contributed by atoms with Crippen molar-refractivity contribution in [1.82, 2.24) is 40.6 Å². The maximum absolute atomic E-state index is 14.0. The summed E-state index contributed by atoms with van der Waals surface area (Å²) >= 11 is 9.46. The fourth-order valence-corrected chi connectivity index (χ4v) is 10.4. The summed E-state index contributed by atoms with van der Waals surface area (Å²) in [5.41, 5.74) is 7.82. The van der Waals surface area contributed by atoms with Gasteiger partial charge in [0.2, 0.25) is 23.6 Å². The van der Waals surface area contributed by atoms with E-state index in [1.54, 1.807) is 22.7 Å². The summed E-state index contributed by atoms with van der Waals surface area (Å²) < 4.78 is 13.4. The molecule has 0 saturated carbocycles. The van der Waals surface area contributed by atoms with Gasteiger partial charge in [0, 0.05) is 66.9 Å². The number of hydrogen-bond acceptors (Lipinski definition) is 13. The van der Waals surface area contributed by atoms with Gasteiger partial charge >= 0.3 is 0 Å². The van der Waals surface area contributed by atoms with Crippen LogP contribution < -0.4 is 16.0 Å². The van der Waals surface area contributed by atoms with Gasteiger partial charge in [-0.1, -0.05) is 68.8 Å². The summed E-state index contributed by atoms with van der Waals surface area (Å²) in [6.07, 6.45) is 0.420. The van der Waals surface area contributed by atoms with Crippen molar-refractivity contribution in [2.45, 2.75) is 105 Å². The van der Waals surface area contributed by atoms with Crippen molar-refractivity contribution in [2.24, 2.45) is 10.4 Å². The molecule has 1 saturated heterocycles. The first-order valence-corrected chi connectivity index (χ1v) is 24.9. The van der Waals surface area contributed by atoms with Gasteiger partial charge in [-0.05, 0) is 74.8 Å². The third-order valence-corrected chi connectivity index (χ3v) is 14.5. The van der Waals surface area contributed by atoms with Gasteiger partial charge in [0.15, 0.2) is 5.82 Å². The van der Waals surface area contributed by atoms with Gasteiger partial charge < -0.3 is 35.4 Å². The number of ether oxygens (including phenoxy) is 2. The molecular weight excluding hydrogens is 926 g/mol. The third kappa shape index (κ3) is 12.1. The molecule has 68 heavy (non-hydrogen) atoms. The number of thiophene rings is 1. The van der Waals surface area contributed by atoms with Crippen molar-refractivity contribution in [1.29, 1.82) is 0 Å². The van der Waals surface area contributed by atoms with Crippen LogP contribution in [0.25, 0.3) is 15.4 Å². The summed E-state index contributed by atoms with van der Waals surface area (Å²) in [4.78, 5) is 66.9. The van der Waals surface area contributed by atoms with Crippen LogP contribution in [-0.4, -0.2) is 117 Å². The standard InChI is InChI=1S/C49H60ClN9O7S2/c1-28-30(3)68-48-41(28)42(33-14-16-35(50)17-15-33)54-37(45-57-56-31(4)59(45)48)23-39(61)51-18-8-19-65-20-9-21-66-26-40(62)55-44(49(5,6)7)47(64)58-25-36(60)22-38(58)46(63)52-24-32-10-12-34(13-11-32)43-29(2)53-27-67-43/h10-17,27,36-38,44,60H,8-9,18-26H2,1-7H3,(H,51,61)(H,52,63)(H,55,62)/t36-,37?,38+,44-/m1/s1. The van der Waals surface area contributed by atoms with E-state index >= 15 is 0 Å². The van der Waals surface area contributed by atoms with E-state index in [1.807, 2.05) is 93.2 Å². The van der Waals surface area contributed by atoms with Gasteiger partial charge in [-0.2, -0.15) is 0 Å². The monoisotopic (exact) mass is 985 g/mol. The third-order valence-electron chi connectivity index (χ3n) is 12.0. The number of aryl methyl sites for hydroxylation is 3. The van der Waals surface area contributed by atoms with E-state index in [-0.39, 0.29) is 51.0 Å². The molecule has 5 heterocycles. The number of hydrogen-bond donors (Lipinski definition) is 4. The number of benzene rings is 2. The maximum atomic E-state index is 14.0. The molecule has 5 aromatic rings. The number of β-amino-alcohol motifs (C(OH)–C–C–N with tert-alkyl or cyclic N) is 1. The predicted molar refractivity (Wildman–Crippen MR) is 263 cm³/mol. The molecule has 4 atom stereocenters. The van der Waals surface area contributed by atoms with Crippen LogP contribution in [0, 0.1) is 33.1 Å². The lowest BCUT2D eigenvalue weighted by atomic mass is 9.85. The number of nitrogens with zero attached hydrogens (tertiary/aromatic N) is 6. The summed E-state index contributed by atoms with van der Waals surface area (Å²) in [5, 5.41) is 29.8. The Hall–Kier alpha value is -5.37. The van der Waals surface area contributed by atoms with Gasteiger partial charge in [0.1, 0.15) is 35.6 Å². The largest absolute Gasteiger partial charge is 0.391 e. The zero-order chi connectivity index (χ0) is 48.7. The summed E-state index contributed by atoms with van der Waals surface area (Å²) in [6.45, 7) is 15.0. The molecule has 2 aliphatic heterocycles. The lowest BCUT2D eigenvalue weighted by molar-refractivity contribution is -0.144. The number of nitrogens with one attached hydrogen (secondary N) is 3. The Morgan fingerprint density at radius 3 is 2.32 bits per heavy atom. The molecule has 1 unspecified atom stereocenters. The predicted octanol–water partition coefficient (Wildman–Crippen LogP) is 6.36. The van der Waals surface area contributed by atoms with Gasteiger partial charge in [-0.25, -0.2) is 4.98 Å². The SMILES string of the molecule is Cc1ncsc1-c1ccc(CNC(=O)[C@@H]2C[C@@H](O)CN2C(=O)[C@@H](NC(=O)COCCCOCCCNC(=O)CC2N=C(c3ccc(Cl)cc3)c3c(sc(C)c3C)-n3c(C)nnc32)C(C)(C)C)cc1. The second kappa shape index (κ2) is 22.4. The number of thiazole rings is 1. The summed E-state index contributed by atoms with van der Waals surface area (Å²) in [6, 6.07) is 13.0. The molecule has 1 fully saturated rings. The Bertz CT molecular complexity index is 2620. The van der Waals surface area contributed by atoms with E-state index in [0.29, 0.717) is 43.4 Å². The van der Waals surface area contributed by atoms with E-state index in [4.69, 9.17) is 26.1 Å². The van der Waals surface area contributed by atoms with E-state index < -0.39 is 41.5 Å². The number of carbonyl (C=O) groups excluding carboxylic acids is 4. The number of aromatic nitrogens is 4. The minimum Gasteiger partial charge on any atom is -0.391 e. The first-order chi connectivity index (χ1) is 32.5. The van der Waals surface area contributed by atoms with Crippen molar-refractivity contribution in [3.8, 4) is 15.4 Å². The first kappa shape index (κ1) is 50.5. The highest BCUT2D eigenvalue weighted by Crippen LogP contribution is 2.40. The van der Waals surface area contributed by atoms with Gasteiger partial charge in [0.05, 0.1) is 34.3 Å². The molecule has 0 spiro atoms. The number of aliphatic hydroxyl groups is 1. The van der Waals surface area contributed by atoms with E-state index in [2.05, 4.69) is 45.0 Å². The Morgan fingerprint density at radius 1 is 0.912 bits per heavy atom. The fourth-order valence-electron chi connectivity index (χ4n) is 8.30. The lowest BCUT2D eigenvalue weighted by Gasteiger charge is -2.35. The Morgan fingerprint density at radius 2 is 1.62 bits per heavy atom. The molecule has 362 valence electrons. The van der Waals surface area contributed by atoms with E-state index in [9.17, 15) is 24.3 Å². The molecule has 0 bridgehead atoms. The van der Waals surface area contributed by atoms with Crippen molar-refractivity contribution >= 4 is 63.6 Å². The molecule has 4 amide bonds. The van der Waals surface area contributed by atoms with E-state index in [1.165, 1.54) is 9.78 Å². The number of aliphatic imine (C=N–C) groups is 1. The second-order valence-electron chi connectivity index (χ2n) is 18.3. The number of halogens is 1. The Kier molecular flexibility index (Phi) is 16.6. The van der Waals surface area contributed by atoms with Crippen LogP contribution in [0.15, 0.2) is 59.0 Å². The molecule has 2 aliphatic rings. The summed E-state index contributed by atoms with van der Waals surface area (Å²) in [7, 11) is 0. The number of carbonyl (C=O) groups is 4. The number of amides is 4. The van der Waals surface area contributed by atoms with Crippen LogP contribution in [0.1, 0.15) is 97.0 Å². The molecule has 7 rings (SSSR count). The highest BCUT2D eigenvalue weighted by Gasteiger charge is 2.44. The molecule has 16 nitrogen and oxygen atoms in total. The number of rotatable bonds is 19. The van der Waals surface area contributed by atoms with Crippen molar-refractivity contribution < 1.29 is 33.8 Å². The molecule has 3 aromatic heterocycles. The minimum absolute atomic E-state index is 0.0196. The molecule has 0 aliphatic carbocycles. The van der Waals surface area contributed by atoms with Crippen LogP contribution in [0.5, 0.6) is 0 Å². The van der Waals surface area contributed by atoms with Crippen molar-refractivity contribution in [2.75, 3.05) is 39.5 Å². The van der Waals surface area contributed by atoms with Crippen LogP contribution in [-0.2, 0) is 35.2 Å². The highest BCUT2D eigenvalue weighted by atomic mass is 35.5. The van der Waals surface area contributed by atoms with Gasteiger partial charge in [-0.15, -0.1) is 32.9 Å². The number of aliphatic hydroxyl groups excluding tert-OH is 1. The normalized spacial score (nSPS) is 17.2. The molecular formula is C49H60ClN9O7S2. The Labute approximate surface area is 409 Å². The fraction of sp³-hybridized carbons (Fsp3) is 0.469. The maximum Gasteiger partial charge on any atom is 0.246 e. The van der Waals surface area contributed by atoms with Crippen LogP contribution in [0.2, 0.25) is 5.02 Å². The van der Waals surface area contributed by atoms with Gasteiger partial charge in [-0.3, -0.25) is 28.7 Å². The van der Waals surface area contributed by atoms with Crippen molar-refractivity contribution in [3.05, 3.63) is 104 Å². The number of fused-ring (bicyclic) bond motifs is 3. The lowest BCUT2D eigenvalue weighted by Crippen LogP contribution is -2.58. The number of likely N-dealkylation sites (tertiary alicyclic amines) is 1. The van der Waals surface area contributed by atoms with Crippen LogP contribution in [0.3, 0.4) is 0 Å². The topological polar surface area (TPSA) is 202 Å². The molecule has 2 aromatic carbocycles. The average Bonchev–Trinajstić information content (AvgIpc) is 4.07. The molecule has 0 radical (unpaired) electrons. The van der Waals surface area contributed by atoms with E-state index in [0.717, 1.165) is 54.9 Å². The first-order valence-electron chi connectivity index (χ1n) is 22.8. The Balaban J connectivity index is 0.814. The van der Waals surface area contributed by atoms with Crippen molar-refractivity contribution in [3.63, 3.8) is 0 Å². The minimum atomic E-state index is -0.968. The molecule has 19 heteroatoms. The van der Waals surface area contributed by atoms with Crippen LogP contribution in [0.4, 0.5) is 0 Å². The second-order valence-corrected chi connectivity index (χ2v) is 20.8. The average molecular weight is 987 g/mol. The summed E-state index contributed by atoms with van der Waals surface area (Å²) in [5.74, 6) is -0.117. The zero-order valence-corrected chi connectivity index (χ0v) is 41.9. The quantitative estimate of drug-likeness (QED) is 0.0675.